The topological polar surface area (TPSA) is 47.1 Å². The lowest BCUT2D eigenvalue weighted by molar-refractivity contribution is 0.613. The molecule has 0 amide bonds. The van der Waals surface area contributed by atoms with Gasteiger partial charge in [-0.05, 0) is 31.5 Å². The normalized spacial score (nSPS) is 10.6. The average molecular weight is 244 g/mol. The highest BCUT2D eigenvalue weighted by atomic mass is 15.3. The summed E-state index contributed by atoms with van der Waals surface area (Å²) in [6.45, 7) is 6.00. The molecule has 4 nitrogen and oxygen atoms in total. The molecule has 0 spiro atoms. The zero-order valence-corrected chi connectivity index (χ0v) is 11.2. The quantitative estimate of drug-likeness (QED) is 0.897. The minimum Gasteiger partial charge on any atom is -0.382 e. The first-order valence-corrected chi connectivity index (χ1v) is 6.13. The fourth-order valence-electron chi connectivity index (χ4n) is 2.11. The fraction of sp³-hybridized carbons (Fsp3) is 0.357. The van der Waals surface area contributed by atoms with Gasteiger partial charge in [0.05, 0.1) is 6.54 Å². The number of anilines is 2. The van der Waals surface area contributed by atoms with Crippen LogP contribution in [-0.4, -0.2) is 23.4 Å². The van der Waals surface area contributed by atoms with Gasteiger partial charge in [0.2, 0.25) is 0 Å². The third-order valence-corrected chi connectivity index (χ3v) is 3.09. The van der Waals surface area contributed by atoms with Crippen molar-refractivity contribution in [2.24, 2.45) is 0 Å². The number of nitrogen functional groups attached to an aromatic ring is 1. The Kier molecular flexibility index (Phi) is 3.55. The molecule has 0 radical (unpaired) electrons. The summed E-state index contributed by atoms with van der Waals surface area (Å²) in [6.07, 6.45) is 1.91. The molecule has 0 fully saturated rings. The van der Waals surface area contributed by atoms with E-state index in [9.17, 15) is 0 Å². The maximum Gasteiger partial charge on any atom is 0.145 e. The van der Waals surface area contributed by atoms with E-state index in [1.165, 1.54) is 16.8 Å². The Morgan fingerprint density at radius 2 is 2.06 bits per heavy atom. The van der Waals surface area contributed by atoms with Crippen LogP contribution in [0.2, 0.25) is 0 Å². The number of aromatic nitrogens is 2. The number of benzene rings is 1. The second kappa shape index (κ2) is 5.12. The molecule has 1 heterocycles. The highest BCUT2D eigenvalue weighted by molar-refractivity contribution is 5.53. The molecule has 1 aromatic carbocycles. The summed E-state index contributed by atoms with van der Waals surface area (Å²) in [5.41, 5.74) is 9.45. The first-order chi connectivity index (χ1) is 8.56. The van der Waals surface area contributed by atoms with E-state index < -0.39 is 0 Å². The number of hydrogen-bond donors (Lipinski definition) is 1. The van der Waals surface area contributed by atoms with Gasteiger partial charge in [0.15, 0.2) is 0 Å². The minimum atomic E-state index is 0.573. The maximum absolute atomic E-state index is 5.59. The van der Waals surface area contributed by atoms with Crippen LogP contribution in [0.3, 0.4) is 0 Å². The molecule has 0 saturated heterocycles. The van der Waals surface area contributed by atoms with Gasteiger partial charge in [-0.15, -0.1) is 0 Å². The van der Waals surface area contributed by atoms with E-state index in [1.54, 1.807) is 0 Å². The molecule has 0 aliphatic heterocycles. The summed E-state index contributed by atoms with van der Waals surface area (Å²) >= 11 is 0. The molecule has 2 rings (SSSR count). The Morgan fingerprint density at radius 3 is 2.67 bits per heavy atom. The lowest BCUT2D eigenvalue weighted by atomic mass is 10.1. The van der Waals surface area contributed by atoms with Crippen molar-refractivity contribution in [2.45, 2.75) is 20.4 Å². The summed E-state index contributed by atoms with van der Waals surface area (Å²) in [4.78, 5) is 2.24. The molecule has 1 aromatic heterocycles. The number of nitrogens with two attached hydrogens (primary N) is 1. The van der Waals surface area contributed by atoms with Crippen LogP contribution in [0.15, 0.2) is 30.5 Å². The number of likely N-dealkylation sites (N-methyl/N-ethyl adjacent to an activating group) is 1. The van der Waals surface area contributed by atoms with Gasteiger partial charge < -0.3 is 10.6 Å². The Labute approximate surface area is 108 Å². The number of hydrogen-bond acceptors (Lipinski definition) is 3. The van der Waals surface area contributed by atoms with Crippen molar-refractivity contribution >= 4 is 11.5 Å². The summed E-state index contributed by atoms with van der Waals surface area (Å²) in [5, 5.41) is 4.18. The van der Waals surface area contributed by atoms with Crippen LogP contribution in [0, 0.1) is 13.8 Å². The van der Waals surface area contributed by atoms with Crippen molar-refractivity contribution in [3.8, 4) is 0 Å². The molecule has 0 unspecified atom stereocenters. The van der Waals surface area contributed by atoms with Crippen LogP contribution in [-0.2, 0) is 6.54 Å². The van der Waals surface area contributed by atoms with Crippen molar-refractivity contribution in [1.29, 1.82) is 0 Å². The van der Waals surface area contributed by atoms with E-state index in [1.807, 2.05) is 16.9 Å². The molecule has 0 saturated carbocycles. The molecule has 0 bridgehead atoms. The van der Waals surface area contributed by atoms with Crippen molar-refractivity contribution in [3.05, 3.63) is 41.6 Å². The summed E-state index contributed by atoms with van der Waals surface area (Å²) in [5.74, 6) is 0.573. The Morgan fingerprint density at radius 1 is 1.28 bits per heavy atom. The lowest BCUT2D eigenvalue weighted by Gasteiger charge is -2.21. The molecule has 96 valence electrons. The van der Waals surface area contributed by atoms with Gasteiger partial charge in [0.1, 0.15) is 5.82 Å². The van der Waals surface area contributed by atoms with Crippen molar-refractivity contribution in [3.63, 3.8) is 0 Å². The zero-order chi connectivity index (χ0) is 13.1. The third-order valence-electron chi connectivity index (χ3n) is 3.09. The monoisotopic (exact) mass is 244 g/mol. The highest BCUT2D eigenvalue weighted by Gasteiger charge is 2.05. The average Bonchev–Trinajstić information content (AvgIpc) is 2.72. The van der Waals surface area contributed by atoms with Crippen LogP contribution >= 0.6 is 0 Å². The van der Waals surface area contributed by atoms with Crippen molar-refractivity contribution < 1.29 is 0 Å². The van der Waals surface area contributed by atoms with Gasteiger partial charge in [-0.1, -0.05) is 17.7 Å². The van der Waals surface area contributed by atoms with E-state index in [2.05, 4.69) is 49.1 Å². The molecular formula is C14H20N4. The predicted molar refractivity (Wildman–Crippen MR) is 75.8 cm³/mol. The first-order valence-electron chi connectivity index (χ1n) is 6.13. The van der Waals surface area contributed by atoms with Crippen LogP contribution in [0.4, 0.5) is 11.5 Å². The molecule has 4 heteroatoms. The van der Waals surface area contributed by atoms with Gasteiger partial charge in [0, 0.05) is 25.5 Å². The summed E-state index contributed by atoms with van der Waals surface area (Å²) in [7, 11) is 2.10. The van der Waals surface area contributed by atoms with E-state index in [0.717, 1.165) is 13.1 Å². The van der Waals surface area contributed by atoms with Gasteiger partial charge in [-0.3, -0.25) is 4.68 Å². The van der Waals surface area contributed by atoms with E-state index in [0.29, 0.717) is 5.82 Å². The Balaban J connectivity index is 2.01. The van der Waals surface area contributed by atoms with Gasteiger partial charge in [0.25, 0.3) is 0 Å². The van der Waals surface area contributed by atoms with Crippen LogP contribution in [0.25, 0.3) is 0 Å². The molecular weight excluding hydrogens is 224 g/mol. The Bertz CT molecular complexity index is 530. The zero-order valence-electron chi connectivity index (χ0n) is 11.2. The molecule has 2 N–H and O–H groups in total. The van der Waals surface area contributed by atoms with Gasteiger partial charge in [-0.25, -0.2) is 0 Å². The smallest absolute Gasteiger partial charge is 0.145 e. The Hall–Kier alpha value is -1.97. The number of nitrogens with zero attached hydrogens (tertiary/aromatic N) is 3. The maximum atomic E-state index is 5.59. The largest absolute Gasteiger partial charge is 0.382 e. The van der Waals surface area contributed by atoms with E-state index in [4.69, 9.17) is 5.73 Å². The lowest BCUT2D eigenvalue weighted by Crippen LogP contribution is -2.23. The highest BCUT2D eigenvalue weighted by Crippen LogP contribution is 2.19. The molecule has 0 aliphatic rings. The minimum absolute atomic E-state index is 0.573. The number of aryl methyl sites for hydroxylation is 2. The van der Waals surface area contributed by atoms with Crippen molar-refractivity contribution in [1.82, 2.24) is 9.78 Å². The van der Waals surface area contributed by atoms with Gasteiger partial charge in [-0.2, -0.15) is 5.10 Å². The molecule has 0 aliphatic carbocycles. The second-order valence-corrected chi connectivity index (χ2v) is 4.72. The molecule has 18 heavy (non-hydrogen) atoms. The number of rotatable bonds is 4. The standard InChI is InChI=1S/C14H20N4/c1-11-4-5-13(12(2)10-11)17(3)8-9-18-7-6-14(15)16-18/h4-7,10H,8-9H2,1-3H3,(H2,15,16). The molecule has 2 aromatic rings. The van der Waals surface area contributed by atoms with Crippen LogP contribution in [0.1, 0.15) is 11.1 Å². The predicted octanol–water partition coefficient (Wildman–Crippen LogP) is 2.22. The SMILES string of the molecule is Cc1ccc(N(C)CCn2ccc(N)n2)c(C)c1. The van der Waals surface area contributed by atoms with Crippen LogP contribution in [0.5, 0.6) is 0 Å². The fourth-order valence-corrected chi connectivity index (χ4v) is 2.11. The van der Waals surface area contributed by atoms with E-state index in [-0.39, 0.29) is 0 Å². The van der Waals surface area contributed by atoms with Crippen molar-refractivity contribution in [2.75, 3.05) is 24.2 Å². The van der Waals surface area contributed by atoms with Gasteiger partial charge >= 0.3 is 0 Å². The summed E-state index contributed by atoms with van der Waals surface area (Å²) in [6, 6.07) is 8.34. The first kappa shape index (κ1) is 12.5. The molecule has 0 atom stereocenters. The second-order valence-electron chi connectivity index (χ2n) is 4.72. The van der Waals surface area contributed by atoms with Crippen LogP contribution < -0.4 is 10.6 Å². The van der Waals surface area contributed by atoms with E-state index >= 15 is 0 Å². The third kappa shape index (κ3) is 2.83. The summed E-state index contributed by atoms with van der Waals surface area (Å²) < 4.78 is 1.87.